The third-order valence-electron chi connectivity index (χ3n) is 3.26. The van der Waals surface area contributed by atoms with Crippen LogP contribution in [-0.2, 0) is 0 Å². The highest BCUT2D eigenvalue weighted by atomic mass is 79.9. The molecule has 0 bridgehead atoms. The third kappa shape index (κ3) is 1.80. The molecule has 0 aliphatic heterocycles. The third-order valence-corrected chi connectivity index (χ3v) is 4.54. The van der Waals surface area contributed by atoms with E-state index in [2.05, 4.69) is 32.8 Å². The van der Waals surface area contributed by atoms with Crippen molar-refractivity contribution in [3.63, 3.8) is 0 Å². The Bertz CT molecular complexity index is 417. The molecular weight excluding hydrogens is 275 g/mol. The van der Waals surface area contributed by atoms with Gasteiger partial charge >= 0.3 is 0 Å². The van der Waals surface area contributed by atoms with Crippen molar-refractivity contribution in [1.82, 2.24) is 9.97 Å². The fourth-order valence-corrected chi connectivity index (χ4v) is 2.61. The fourth-order valence-electron chi connectivity index (χ4n) is 1.93. The molecule has 2 unspecified atom stereocenters. The van der Waals surface area contributed by atoms with Gasteiger partial charge in [-0.2, -0.15) is 0 Å². The van der Waals surface area contributed by atoms with Crippen LogP contribution in [0.15, 0.2) is 4.47 Å². The van der Waals surface area contributed by atoms with E-state index in [0.717, 1.165) is 21.9 Å². The summed E-state index contributed by atoms with van der Waals surface area (Å²) in [6.07, 6.45) is 3.69. The Labute approximate surface area is 103 Å². The SMILES string of the molecule is CC1CC1c1nc(Cl)c(Br)c(C2CC2)n1. The zero-order valence-corrected chi connectivity index (χ0v) is 10.8. The Kier molecular flexibility index (Phi) is 2.29. The summed E-state index contributed by atoms with van der Waals surface area (Å²) < 4.78 is 0.906. The molecule has 2 aliphatic carbocycles. The van der Waals surface area contributed by atoms with Crippen LogP contribution in [0.5, 0.6) is 0 Å². The highest BCUT2D eigenvalue weighted by Crippen LogP contribution is 2.48. The molecule has 80 valence electrons. The van der Waals surface area contributed by atoms with E-state index in [-0.39, 0.29) is 0 Å². The number of nitrogens with zero attached hydrogens (tertiary/aromatic N) is 2. The van der Waals surface area contributed by atoms with Gasteiger partial charge in [0.05, 0.1) is 10.2 Å². The van der Waals surface area contributed by atoms with Gasteiger partial charge in [-0.25, -0.2) is 9.97 Å². The van der Waals surface area contributed by atoms with Gasteiger partial charge in [-0.1, -0.05) is 18.5 Å². The van der Waals surface area contributed by atoms with Crippen LogP contribution < -0.4 is 0 Å². The standard InChI is InChI=1S/C11H12BrClN2/c1-5-4-7(5)11-14-9(6-2-3-6)8(12)10(13)15-11/h5-7H,2-4H2,1H3. The van der Waals surface area contributed by atoms with Crippen molar-refractivity contribution in [1.29, 1.82) is 0 Å². The van der Waals surface area contributed by atoms with E-state index < -0.39 is 0 Å². The van der Waals surface area contributed by atoms with Crippen LogP contribution >= 0.6 is 27.5 Å². The minimum atomic E-state index is 0.549. The Morgan fingerprint density at radius 2 is 2.00 bits per heavy atom. The molecule has 2 atom stereocenters. The lowest BCUT2D eigenvalue weighted by Gasteiger charge is -2.06. The van der Waals surface area contributed by atoms with Crippen LogP contribution in [0.3, 0.4) is 0 Å². The molecule has 1 aromatic heterocycles. The maximum absolute atomic E-state index is 6.11. The maximum Gasteiger partial charge on any atom is 0.147 e. The molecule has 1 aromatic rings. The van der Waals surface area contributed by atoms with Crippen LogP contribution in [0.25, 0.3) is 0 Å². The van der Waals surface area contributed by atoms with Crippen LogP contribution in [0.2, 0.25) is 5.15 Å². The summed E-state index contributed by atoms with van der Waals surface area (Å²) in [6.45, 7) is 2.24. The summed E-state index contributed by atoms with van der Waals surface area (Å²) in [5.74, 6) is 2.85. The molecular formula is C11H12BrClN2. The van der Waals surface area contributed by atoms with Crippen molar-refractivity contribution in [2.45, 2.75) is 38.0 Å². The number of halogens is 2. The lowest BCUT2D eigenvalue weighted by molar-refractivity contribution is 0.814. The summed E-state index contributed by atoms with van der Waals surface area (Å²) >= 11 is 9.60. The van der Waals surface area contributed by atoms with E-state index in [1.807, 2.05) is 0 Å². The Morgan fingerprint density at radius 3 is 2.53 bits per heavy atom. The molecule has 2 fully saturated rings. The number of hydrogen-bond acceptors (Lipinski definition) is 2. The van der Waals surface area contributed by atoms with Gasteiger partial charge in [-0.3, -0.25) is 0 Å². The van der Waals surface area contributed by atoms with E-state index in [4.69, 9.17) is 11.6 Å². The number of rotatable bonds is 2. The first-order valence-electron chi connectivity index (χ1n) is 5.39. The molecule has 0 saturated heterocycles. The van der Waals surface area contributed by atoms with Crippen LogP contribution in [0, 0.1) is 5.92 Å². The van der Waals surface area contributed by atoms with Crippen molar-refractivity contribution in [2.75, 3.05) is 0 Å². The summed E-state index contributed by atoms with van der Waals surface area (Å²) in [4.78, 5) is 9.03. The van der Waals surface area contributed by atoms with Gasteiger partial charge in [-0.05, 0) is 41.1 Å². The predicted octanol–water partition coefficient (Wildman–Crippen LogP) is 3.89. The topological polar surface area (TPSA) is 25.8 Å². The van der Waals surface area contributed by atoms with Gasteiger partial charge in [-0.15, -0.1) is 0 Å². The molecule has 2 nitrogen and oxygen atoms in total. The van der Waals surface area contributed by atoms with E-state index in [1.54, 1.807) is 0 Å². The number of aromatic nitrogens is 2. The first-order valence-corrected chi connectivity index (χ1v) is 6.56. The molecule has 0 N–H and O–H groups in total. The van der Waals surface area contributed by atoms with E-state index in [9.17, 15) is 0 Å². The molecule has 0 aromatic carbocycles. The average molecular weight is 288 g/mol. The lowest BCUT2D eigenvalue weighted by atomic mass is 10.2. The normalized spacial score (nSPS) is 29.3. The smallest absolute Gasteiger partial charge is 0.147 e. The second-order valence-electron chi connectivity index (χ2n) is 4.67. The van der Waals surface area contributed by atoms with E-state index >= 15 is 0 Å². The minimum absolute atomic E-state index is 0.549. The van der Waals surface area contributed by atoms with Crippen molar-refractivity contribution >= 4 is 27.5 Å². The molecule has 0 radical (unpaired) electrons. The maximum atomic E-state index is 6.11. The van der Waals surface area contributed by atoms with Gasteiger partial charge in [0.2, 0.25) is 0 Å². The molecule has 1 heterocycles. The van der Waals surface area contributed by atoms with Gasteiger partial charge in [0.15, 0.2) is 0 Å². The molecule has 2 aliphatic rings. The highest BCUT2D eigenvalue weighted by Gasteiger charge is 2.38. The first-order chi connectivity index (χ1) is 7.16. The average Bonchev–Trinajstić information content (AvgIpc) is 3.04. The zero-order chi connectivity index (χ0) is 10.6. The second-order valence-corrected chi connectivity index (χ2v) is 5.82. The molecule has 3 rings (SSSR count). The number of hydrogen-bond donors (Lipinski definition) is 0. The van der Waals surface area contributed by atoms with Gasteiger partial charge in [0.25, 0.3) is 0 Å². The summed E-state index contributed by atoms with van der Waals surface area (Å²) in [6, 6.07) is 0. The molecule has 4 heteroatoms. The van der Waals surface area contributed by atoms with Gasteiger partial charge < -0.3 is 0 Å². The molecule has 0 amide bonds. The predicted molar refractivity (Wildman–Crippen MR) is 63.2 cm³/mol. The van der Waals surface area contributed by atoms with E-state index in [1.165, 1.54) is 19.3 Å². The van der Waals surface area contributed by atoms with Gasteiger partial charge in [0, 0.05) is 11.8 Å². The van der Waals surface area contributed by atoms with Crippen LogP contribution in [-0.4, -0.2) is 9.97 Å². The summed E-state index contributed by atoms with van der Waals surface area (Å²) in [5, 5.41) is 0.584. The van der Waals surface area contributed by atoms with Crippen LogP contribution in [0.1, 0.15) is 49.5 Å². The van der Waals surface area contributed by atoms with Crippen molar-refractivity contribution in [2.24, 2.45) is 5.92 Å². The summed E-state index contributed by atoms with van der Waals surface area (Å²) in [7, 11) is 0. The monoisotopic (exact) mass is 286 g/mol. The lowest BCUT2D eigenvalue weighted by Crippen LogP contribution is -2.00. The Hall–Kier alpha value is -0.150. The van der Waals surface area contributed by atoms with E-state index in [0.29, 0.717) is 17.0 Å². The zero-order valence-electron chi connectivity index (χ0n) is 8.50. The molecule has 2 saturated carbocycles. The molecule has 0 spiro atoms. The quantitative estimate of drug-likeness (QED) is 0.771. The van der Waals surface area contributed by atoms with Gasteiger partial charge in [0.1, 0.15) is 11.0 Å². The second kappa shape index (κ2) is 3.42. The summed E-state index contributed by atoms with van der Waals surface area (Å²) in [5.41, 5.74) is 1.13. The minimum Gasteiger partial charge on any atom is -0.236 e. The first kappa shape index (κ1) is 10.0. The Morgan fingerprint density at radius 1 is 1.33 bits per heavy atom. The van der Waals surface area contributed by atoms with Crippen molar-refractivity contribution in [3.05, 3.63) is 21.1 Å². The largest absolute Gasteiger partial charge is 0.236 e. The highest BCUT2D eigenvalue weighted by molar-refractivity contribution is 9.10. The Balaban J connectivity index is 2.02. The fraction of sp³-hybridized carbons (Fsp3) is 0.636. The molecule has 15 heavy (non-hydrogen) atoms. The van der Waals surface area contributed by atoms with Crippen molar-refractivity contribution in [3.8, 4) is 0 Å². The van der Waals surface area contributed by atoms with Crippen LogP contribution in [0.4, 0.5) is 0 Å². The van der Waals surface area contributed by atoms with Crippen molar-refractivity contribution < 1.29 is 0 Å².